The lowest BCUT2D eigenvalue weighted by Crippen LogP contribution is -2.14. The second-order valence-corrected chi connectivity index (χ2v) is 5.82. The van der Waals surface area contributed by atoms with Gasteiger partial charge in [-0.15, -0.1) is 11.8 Å². The Morgan fingerprint density at radius 1 is 1.50 bits per heavy atom. The van der Waals surface area contributed by atoms with Crippen molar-refractivity contribution < 1.29 is 4.52 Å². The van der Waals surface area contributed by atoms with Crippen LogP contribution in [0.15, 0.2) is 4.52 Å². The average Bonchev–Trinajstić information content (AvgIpc) is 2.88. The lowest BCUT2D eigenvalue weighted by Gasteiger charge is -2.26. The van der Waals surface area contributed by atoms with Crippen molar-refractivity contribution in [3.05, 3.63) is 11.7 Å². The molecule has 1 aliphatic rings. The molecule has 0 aromatic carbocycles. The van der Waals surface area contributed by atoms with Crippen LogP contribution in [0.2, 0.25) is 0 Å². The van der Waals surface area contributed by atoms with E-state index in [2.05, 4.69) is 23.1 Å². The fraction of sp³-hybridized carbons (Fsp3) is 0.769. The summed E-state index contributed by atoms with van der Waals surface area (Å²) < 4.78 is 5.24. The van der Waals surface area contributed by atoms with Gasteiger partial charge in [-0.1, -0.05) is 31.3 Å². The molecule has 1 aliphatic carbocycles. The molecular formula is C13H19N3OS. The number of rotatable bonds is 5. The largest absolute Gasteiger partial charge is 0.338 e. The van der Waals surface area contributed by atoms with Crippen LogP contribution in [0.5, 0.6) is 0 Å². The zero-order valence-electron chi connectivity index (χ0n) is 10.8. The van der Waals surface area contributed by atoms with Gasteiger partial charge in [0.1, 0.15) is 0 Å². The molecule has 1 aromatic heterocycles. The maximum Gasteiger partial charge on any atom is 0.236 e. The molecule has 98 valence electrons. The van der Waals surface area contributed by atoms with E-state index in [4.69, 9.17) is 9.78 Å². The molecule has 2 unspecified atom stereocenters. The molecule has 0 bridgehead atoms. The highest BCUT2D eigenvalue weighted by atomic mass is 32.2. The van der Waals surface area contributed by atoms with E-state index in [1.807, 2.05) is 0 Å². The standard InChI is InChI=1S/C13H19N3OS/c1-2-10-4-3-5-11(8-10)13-15-12(17-16-13)9-18-7-6-14/h10-11H,2-5,7-9H2,1H3. The molecule has 18 heavy (non-hydrogen) atoms. The minimum atomic E-state index is 0.471. The maximum absolute atomic E-state index is 8.47. The number of nitrogens with zero attached hydrogens (tertiary/aromatic N) is 3. The van der Waals surface area contributed by atoms with E-state index in [9.17, 15) is 0 Å². The molecule has 4 nitrogen and oxygen atoms in total. The Morgan fingerprint density at radius 3 is 3.17 bits per heavy atom. The molecule has 5 heteroatoms. The highest BCUT2D eigenvalue weighted by Gasteiger charge is 2.25. The smallest absolute Gasteiger partial charge is 0.236 e. The number of nitriles is 1. The molecule has 0 amide bonds. The third-order valence-electron chi connectivity index (χ3n) is 3.60. The molecule has 0 N–H and O–H groups in total. The number of thioether (sulfide) groups is 1. The van der Waals surface area contributed by atoms with Crippen LogP contribution in [-0.2, 0) is 5.75 Å². The molecule has 0 radical (unpaired) electrons. The van der Waals surface area contributed by atoms with E-state index in [0.29, 0.717) is 23.3 Å². The van der Waals surface area contributed by atoms with Crippen LogP contribution < -0.4 is 0 Å². The molecule has 1 saturated carbocycles. The summed E-state index contributed by atoms with van der Waals surface area (Å²) in [5, 5.41) is 12.6. The Morgan fingerprint density at radius 2 is 2.39 bits per heavy atom. The van der Waals surface area contributed by atoms with E-state index in [0.717, 1.165) is 11.7 Å². The molecule has 1 heterocycles. The van der Waals surface area contributed by atoms with Gasteiger partial charge in [0.25, 0.3) is 0 Å². The van der Waals surface area contributed by atoms with Gasteiger partial charge in [0.2, 0.25) is 5.89 Å². The van der Waals surface area contributed by atoms with E-state index < -0.39 is 0 Å². The Labute approximate surface area is 112 Å². The lowest BCUT2D eigenvalue weighted by molar-refractivity contribution is 0.298. The SMILES string of the molecule is CCC1CCCC(c2noc(CSCC#N)n2)C1. The molecule has 2 atom stereocenters. The highest BCUT2D eigenvalue weighted by Crippen LogP contribution is 2.36. The Hall–Kier alpha value is -1.02. The topological polar surface area (TPSA) is 62.7 Å². The number of hydrogen-bond donors (Lipinski definition) is 0. The summed E-state index contributed by atoms with van der Waals surface area (Å²) in [7, 11) is 0. The van der Waals surface area contributed by atoms with Crippen molar-refractivity contribution in [2.45, 2.75) is 50.7 Å². The Balaban J connectivity index is 1.90. The lowest BCUT2D eigenvalue weighted by atomic mass is 9.80. The second kappa shape index (κ2) is 6.79. The van der Waals surface area contributed by atoms with Gasteiger partial charge in [-0.05, 0) is 18.8 Å². The van der Waals surface area contributed by atoms with Crippen LogP contribution in [0.25, 0.3) is 0 Å². The molecule has 0 spiro atoms. The van der Waals surface area contributed by atoms with Crippen molar-refractivity contribution in [3.63, 3.8) is 0 Å². The first-order valence-electron chi connectivity index (χ1n) is 6.60. The summed E-state index contributed by atoms with van der Waals surface area (Å²) in [4.78, 5) is 4.47. The van der Waals surface area contributed by atoms with Gasteiger partial charge in [0.15, 0.2) is 5.82 Å². The monoisotopic (exact) mass is 265 g/mol. The summed E-state index contributed by atoms with van der Waals surface area (Å²) in [6, 6.07) is 2.09. The predicted octanol–water partition coefficient (Wildman–Crippen LogP) is 3.51. The van der Waals surface area contributed by atoms with Gasteiger partial charge < -0.3 is 4.52 Å². The predicted molar refractivity (Wildman–Crippen MR) is 71.1 cm³/mol. The van der Waals surface area contributed by atoms with E-state index in [-0.39, 0.29) is 0 Å². The molecule has 1 fully saturated rings. The quantitative estimate of drug-likeness (QED) is 0.762. The van der Waals surface area contributed by atoms with Crippen molar-refractivity contribution in [3.8, 4) is 6.07 Å². The van der Waals surface area contributed by atoms with E-state index in [1.165, 1.54) is 43.9 Å². The van der Waals surface area contributed by atoms with Gasteiger partial charge in [0.05, 0.1) is 17.6 Å². The first kappa shape index (κ1) is 13.4. The Kier molecular flexibility index (Phi) is 5.06. The average molecular weight is 265 g/mol. The van der Waals surface area contributed by atoms with Crippen LogP contribution in [0, 0.1) is 17.2 Å². The molecule has 2 rings (SSSR count). The van der Waals surface area contributed by atoms with Crippen LogP contribution in [0.1, 0.15) is 56.7 Å². The van der Waals surface area contributed by atoms with Crippen molar-refractivity contribution in [2.24, 2.45) is 5.92 Å². The van der Waals surface area contributed by atoms with Crippen LogP contribution in [0.3, 0.4) is 0 Å². The summed E-state index contributed by atoms with van der Waals surface area (Å²) in [5.74, 6) is 3.94. The fourth-order valence-corrected chi connectivity index (χ4v) is 3.06. The summed E-state index contributed by atoms with van der Waals surface area (Å²) in [6.07, 6.45) is 6.24. The molecular weight excluding hydrogens is 246 g/mol. The molecule has 0 aliphatic heterocycles. The van der Waals surface area contributed by atoms with Gasteiger partial charge in [0, 0.05) is 5.92 Å². The highest BCUT2D eigenvalue weighted by molar-refractivity contribution is 7.98. The third kappa shape index (κ3) is 3.49. The van der Waals surface area contributed by atoms with Crippen molar-refractivity contribution >= 4 is 11.8 Å². The maximum atomic E-state index is 8.47. The minimum Gasteiger partial charge on any atom is -0.338 e. The van der Waals surface area contributed by atoms with Crippen LogP contribution >= 0.6 is 11.8 Å². The normalized spacial score (nSPS) is 23.8. The number of aromatic nitrogens is 2. The van der Waals surface area contributed by atoms with Crippen LogP contribution in [-0.4, -0.2) is 15.9 Å². The van der Waals surface area contributed by atoms with Gasteiger partial charge >= 0.3 is 0 Å². The number of hydrogen-bond acceptors (Lipinski definition) is 5. The van der Waals surface area contributed by atoms with E-state index >= 15 is 0 Å². The minimum absolute atomic E-state index is 0.471. The molecule has 0 saturated heterocycles. The summed E-state index contributed by atoms with van der Waals surface area (Å²) in [6.45, 7) is 2.26. The Bertz CT molecular complexity index is 413. The zero-order chi connectivity index (χ0) is 12.8. The first-order chi connectivity index (χ1) is 8.83. The first-order valence-corrected chi connectivity index (χ1v) is 7.76. The fourth-order valence-electron chi connectivity index (χ4n) is 2.57. The molecule has 1 aromatic rings. The summed E-state index contributed by atoms with van der Waals surface area (Å²) in [5.41, 5.74) is 0. The van der Waals surface area contributed by atoms with Gasteiger partial charge in [-0.2, -0.15) is 10.2 Å². The summed E-state index contributed by atoms with van der Waals surface area (Å²) >= 11 is 1.51. The second-order valence-electron chi connectivity index (χ2n) is 4.84. The zero-order valence-corrected chi connectivity index (χ0v) is 11.6. The van der Waals surface area contributed by atoms with Crippen molar-refractivity contribution in [1.29, 1.82) is 5.26 Å². The van der Waals surface area contributed by atoms with Crippen LogP contribution in [0.4, 0.5) is 0 Å². The van der Waals surface area contributed by atoms with Crippen molar-refractivity contribution in [1.82, 2.24) is 10.1 Å². The van der Waals surface area contributed by atoms with Crippen molar-refractivity contribution in [2.75, 3.05) is 5.75 Å². The van der Waals surface area contributed by atoms with Gasteiger partial charge in [-0.25, -0.2) is 0 Å². The van der Waals surface area contributed by atoms with Gasteiger partial charge in [-0.3, -0.25) is 0 Å². The van der Waals surface area contributed by atoms with E-state index in [1.54, 1.807) is 0 Å². The third-order valence-corrected chi connectivity index (χ3v) is 4.39.